The van der Waals surface area contributed by atoms with Crippen LogP contribution in [-0.2, 0) is 6.42 Å². The molecule has 0 aliphatic heterocycles. The molecule has 0 saturated carbocycles. The Kier molecular flexibility index (Phi) is 9.44. The molecule has 2 aromatic carbocycles. The van der Waals surface area contributed by atoms with Crippen molar-refractivity contribution in [3.05, 3.63) is 63.7 Å². The van der Waals surface area contributed by atoms with Crippen LogP contribution in [0.1, 0.15) is 83.6 Å². The van der Waals surface area contributed by atoms with E-state index < -0.39 is 0 Å². The zero-order chi connectivity index (χ0) is 21.2. The second-order valence-corrected chi connectivity index (χ2v) is 8.58. The summed E-state index contributed by atoms with van der Waals surface area (Å²) < 4.78 is 6.11. The van der Waals surface area contributed by atoms with Gasteiger partial charge in [-0.3, -0.25) is 4.79 Å². The Morgan fingerprint density at radius 2 is 1.55 bits per heavy atom. The van der Waals surface area contributed by atoms with Crippen LogP contribution in [0.4, 0.5) is 0 Å². The van der Waals surface area contributed by atoms with E-state index in [1.807, 2.05) is 26.0 Å². The first-order chi connectivity index (χ1) is 13.9. The molecule has 0 saturated heterocycles. The van der Waals surface area contributed by atoms with Crippen LogP contribution in [0, 0.1) is 33.6 Å². The number of aldehydes is 1. The molecule has 1 atom stereocenters. The highest BCUT2D eigenvalue weighted by atomic mass is 16.5. The maximum absolute atomic E-state index is 11.0. The normalized spacial score (nSPS) is 12.0. The van der Waals surface area contributed by atoms with Gasteiger partial charge in [-0.25, -0.2) is 0 Å². The predicted molar refractivity (Wildman–Crippen MR) is 123 cm³/mol. The highest BCUT2D eigenvalue weighted by Gasteiger charge is 2.12. The fourth-order valence-corrected chi connectivity index (χ4v) is 4.12. The number of carbonyl (C=O) groups is 1. The van der Waals surface area contributed by atoms with Crippen molar-refractivity contribution in [2.24, 2.45) is 5.92 Å². The van der Waals surface area contributed by atoms with E-state index in [-0.39, 0.29) is 0 Å². The lowest BCUT2D eigenvalue weighted by Crippen LogP contribution is -2.09. The zero-order valence-electron chi connectivity index (χ0n) is 19.0. The van der Waals surface area contributed by atoms with Crippen LogP contribution in [0.2, 0.25) is 0 Å². The maximum atomic E-state index is 11.0. The molecule has 2 rings (SSSR count). The van der Waals surface area contributed by atoms with Gasteiger partial charge in [0.2, 0.25) is 0 Å². The van der Waals surface area contributed by atoms with Crippen molar-refractivity contribution in [2.45, 2.75) is 79.6 Å². The smallest absolute Gasteiger partial charge is 0.150 e. The summed E-state index contributed by atoms with van der Waals surface area (Å²) in [5.74, 6) is 1.65. The van der Waals surface area contributed by atoms with Crippen molar-refractivity contribution in [3.8, 4) is 5.75 Å². The summed E-state index contributed by atoms with van der Waals surface area (Å²) in [6.45, 7) is 11.4. The second kappa shape index (κ2) is 11.8. The van der Waals surface area contributed by atoms with E-state index in [4.69, 9.17) is 4.74 Å². The van der Waals surface area contributed by atoms with Crippen molar-refractivity contribution in [3.63, 3.8) is 0 Å². The molecule has 0 fully saturated rings. The summed E-state index contributed by atoms with van der Waals surface area (Å²) in [6.07, 6.45) is 9.53. The zero-order valence-corrected chi connectivity index (χ0v) is 19.0. The first-order valence-electron chi connectivity index (χ1n) is 11.2. The Morgan fingerprint density at radius 1 is 0.862 bits per heavy atom. The molecule has 0 bridgehead atoms. The summed E-state index contributed by atoms with van der Waals surface area (Å²) in [7, 11) is 0. The summed E-state index contributed by atoms with van der Waals surface area (Å²) in [5.41, 5.74) is 7.03. The molecule has 2 nitrogen and oxygen atoms in total. The summed E-state index contributed by atoms with van der Waals surface area (Å²) in [6, 6.07) is 10.7. The van der Waals surface area contributed by atoms with Gasteiger partial charge < -0.3 is 4.74 Å². The second-order valence-electron chi connectivity index (χ2n) is 8.58. The number of rotatable bonds is 12. The number of carbonyl (C=O) groups excluding carboxylic acids is 1. The van der Waals surface area contributed by atoms with E-state index in [9.17, 15) is 4.79 Å². The van der Waals surface area contributed by atoms with Gasteiger partial charge in [-0.2, -0.15) is 0 Å². The molecule has 2 heteroatoms. The number of hydrogen-bond acceptors (Lipinski definition) is 2. The fraction of sp³-hybridized carbons (Fsp3) is 0.519. The lowest BCUT2D eigenvalue weighted by atomic mass is 9.89. The van der Waals surface area contributed by atoms with Gasteiger partial charge in [-0.05, 0) is 92.8 Å². The van der Waals surface area contributed by atoms with Crippen LogP contribution in [-0.4, -0.2) is 12.9 Å². The van der Waals surface area contributed by atoms with Crippen molar-refractivity contribution in [1.82, 2.24) is 0 Å². The van der Waals surface area contributed by atoms with Gasteiger partial charge in [0.25, 0.3) is 0 Å². The minimum Gasteiger partial charge on any atom is -0.493 e. The summed E-state index contributed by atoms with van der Waals surface area (Å²) >= 11 is 0. The van der Waals surface area contributed by atoms with Crippen LogP contribution in [0.5, 0.6) is 5.75 Å². The van der Waals surface area contributed by atoms with Crippen LogP contribution in [0.15, 0.2) is 30.3 Å². The van der Waals surface area contributed by atoms with Crippen molar-refractivity contribution >= 4 is 6.29 Å². The summed E-state index contributed by atoms with van der Waals surface area (Å²) in [4.78, 5) is 11.0. The van der Waals surface area contributed by atoms with Crippen LogP contribution in [0.3, 0.4) is 0 Å². The minimum absolute atomic E-state index is 0.715. The molecule has 0 aliphatic rings. The lowest BCUT2D eigenvalue weighted by molar-refractivity contribution is 0.112. The van der Waals surface area contributed by atoms with E-state index in [0.29, 0.717) is 5.92 Å². The molecule has 0 amide bonds. The number of aryl methyl sites for hydroxylation is 4. The molecule has 2 aromatic rings. The van der Waals surface area contributed by atoms with Crippen molar-refractivity contribution in [2.75, 3.05) is 6.61 Å². The number of hydrogen-bond donors (Lipinski definition) is 0. The van der Waals surface area contributed by atoms with Crippen molar-refractivity contribution in [1.29, 1.82) is 0 Å². The Balaban J connectivity index is 1.91. The lowest BCUT2D eigenvalue weighted by Gasteiger charge is -2.19. The molecule has 0 N–H and O–H groups in total. The summed E-state index contributed by atoms with van der Waals surface area (Å²) in [5, 5.41) is 0. The Morgan fingerprint density at radius 3 is 2.17 bits per heavy atom. The topological polar surface area (TPSA) is 26.3 Å². The van der Waals surface area contributed by atoms with Gasteiger partial charge in [-0.15, -0.1) is 0 Å². The first-order valence-corrected chi connectivity index (χ1v) is 11.2. The van der Waals surface area contributed by atoms with Crippen LogP contribution < -0.4 is 4.74 Å². The van der Waals surface area contributed by atoms with Crippen LogP contribution in [0.25, 0.3) is 0 Å². The molecule has 0 heterocycles. The third kappa shape index (κ3) is 7.34. The SMILES string of the molecule is CCCCC[C@H](CCCOc1c(C)cc(C=O)cc1C)Cc1ccc(C)c(C)c1. The molecular formula is C27H38O2. The number of ether oxygens (including phenoxy) is 1. The molecule has 0 radical (unpaired) electrons. The average molecular weight is 395 g/mol. The third-order valence-electron chi connectivity index (χ3n) is 5.93. The standard InChI is InChI=1S/C27H38O2/c1-6-7-8-10-24(18-25-13-12-20(2)21(3)15-25)11-9-14-29-27-22(4)16-26(19-28)17-23(27)5/h12-13,15-17,19,24H,6-11,14,18H2,1-5H3/t24-/m1/s1. The maximum Gasteiger partial charge on any atom is 0.150 e. The average Bonchev–Trinajstić information content (AvgIpc) is 2.69. The monoisotopic (exact) mass is 394 g/mol. The van der Waals surface area contributed by atoms with Gasteiger partial charge in [-0.1, -0.05) is 50.8 Å². The molecule has 158 valence electrons. The Hall–Kier alpha value is -2.09. The Labute approximate surface area is 177 Å². The first kappa shape index (κ1) is 23.2. The van der Waals surface area contributed by atoms with Crippen molar-refractivity contribution < 1.29 is 9.53 Å². The Bertz CT molecular complexity index is 768. The van der Waals surface area contributed by atoms with E-state index in [2.05, 4.69) is 39.0 Å². The molecule has 0 spiro atoms. The third-order valence-corrected chi connectivity index (χ3v) is 5.93. The quantitative estimate of drug-likeness (QED) is 0.278. The van der Waals surface area contributed by atoms with Crippen LogP contribution >= 0.6 is 0 Å². The van der Waals surface area contributed by atoms with Gasteiger partial charge in [0.15, 0.2) is 0 Å². The number of unbranched alkanes of at least 4 members (excludes halogenated alkanes) is 2. The largest absolute Gasteiger partial charge is 0.493 e. The van der Waals surface area contributed by atoms with Gasteiger partial charge in [0.05, 0.1) is 6.61 Å². The molecular weight excluding hydrogens is 356 g/mol. The van der Waals surface area contributed by atoms with E-state index in [0.717, 1.165) is 48.2 Å². The van der Waals surface area contributed by atoms with Gasteiger partial charge in [0.1, 0.15) is 12.0 Å². The predicted octanol–water partition coefficient (Wildman–Crippen LogP) is 7.33. The van der Waals surface area contributed by atoms with Gasteiger partial charge >= 0.3 is 0 Å². The molecule has 0 unspecified atom stereocenters. The highest BCUT2D eigenvalue weighted by molar-refractivity contribution is 5.76. The van der Waals surface area contributed by atoms with Gasteiger partial charge in [0, 0.05) is 5.56 Å². The molecule has 0 aliphatic carbocycles. The minimum atomic E-state index is 0.715. The van der Waals surface area contributed by atoms with E-state index >= 15 is 0 Å². The fourth-order valence-electron chi connectivity index (χ4n) is 4.12. The molecule has 0 aromatic heterocycles. The molecule has 29 heavy (non-hydrogen) atoms. The van der Waals surface area contributed by atoms with E-state index in [1.54, 1.807) is 0 Å². The number of benzene rings is 2. The van der Waals surface area contributed by atoms with E-state index in [1.165, 1.54) is 48.8 Å². The highest BCUT2D eigenvalue weighted by Crippen LogP contribution is 2.26.